The van der Waals surface area contributed by atoms with Crippen LogP contribution in [0.3, 0.4) is 0 Å². The average Bonchev–Trinajstić information content (AvgIpc) is 3.07. The summed E-state index contributed by atoms with van der Waals surface area (Å²) in [6.45, 7) is 3.74. The first-order valence-electron chi connectivity index (χ1n) is 9.10. The van der Waals surface area contributed by atoms with E-state index < -0.39 is 0 Å². The molecule has 126 valence electrons. The van der Waals surface area contributed by atoms with E-state index >= 15 is 0 Å². The number of carbonyl (C=O) groups is 1. The minimum Gasteiger partial charge on any atom is -0.340 e. The number of likely N-dealkylation sites (tertiary alicyclic amines) is 1. The van der Waals surface area contributed by atoms with Gasteiger partial charge in [-0.05, 0) is 50.2 Å². The van der Waals surface area contributed by atoms with E-state index in [-0.39, 0.29) is 5.92 Å². The van der Waals surface area contributed by atoms with E-state index in [0.29, 0.717) is 11.9 Å². The Bertz CT molecular complexity index is 736. The van der Waals surface area contributed by atoms with Crippen LogP contribution >= 0.6 is 0 Å². The van der Waals surface area contributed by atoms with E-state index in [9.17, 15) is 4.79 Å². The average molecular weight is 323 g/mol. The molecule has 24 heavy (non-hydrogen) atoms. The molecule has 0 radical (unpaired) electrons. The van der Waals surface area contributed by atoms with Crippen LogP contribution in [0.5, 0.6) is 0 Å². The summed E-state index contributed by atoms with van der Waals surface area (Å²) < 4.78 is 2.23. The highest BCUT2D eigenvalue weighted by molar-refractivity contribution is 5.84. The number of hydrogen-bond donors (Lipinski definition) is 0. The number of rotatable bonds is 2. The molecule has 1 amide bonds. The highest BCUT2D eigenvalue weighted by Gasteiger charge is 2.32. The van der Waals surface area contributed by atoms with Gasteiger partial charge in [-0.3, -0.25) is 4.79 Å². The van der Waals surface area contributed by atoms with Gasteiger partial charge in [-0.1, -0.05) is 24.3 Å². The fourth-order valence-corrected chi connectivity index (χ4v) is 4.39. The molecule has 0 N–H and O–H groups in total. The van der Waals surface area contributed by atoms with Crippen LogP contribution in [0.1, 0.15) is 54.6 Å². The van der Waals surface area contributed by atoms with Crippen LogP contribution in [-0.4, -0.2) is 33.4 Å². The molecule has 1 fully saturated rings. The van der Waals surface area contributed by atoms with Gasteiger partial charge >= 0.3 is 0 Å². The molecule has 1 aromatic carbocycles. The van der Waals surface area contributed by atoms with Gasteiger partial charge in [-0.25, -0.2) is 4.98 Å². The molecule has 0 unspecified atom stereocenters. The van der Waals surface area contributed by atoms with Crippen LogP contribution in [0, 0.1) is 6.92 Å². The van der Waals surface area contributed by atoms with E-state index in [1.165, 1.54) is 11.1 Å². The van der Waals surface area contributed by atoms with Crippen molar-refractivity contribution in [3.63, 3.8) is 0 Å². The Morgan fingerprint density at radius 2 is 2.08 bits per heavy atom. The summed E-state index contributed by atoms with van der Waals surface area (Å²) in [5, 5.41) is 0. The Morgan fingerprint density at radius 1 is 1.21 bits per heavy atom. The number of aryl methyl sites for hydroxylation is 2. The Balaban J connectivity index is 1.54. The zero-order valence-electron chi connectivity index (χ0n) is 14.3. The highest BCUT2D eigenvalue weighted by Crippen LogP contribution is 2.34. The number of imidazole rings is 1. The van der Waals surface area contributed by atoms with Crippen molar-refractivity contribution >= 4 is 5.91 Å². The summed E-state index contributed by atoms with van der Waals surface area (Å²) in [4.78, 5) is 19.7. The molecular formula is C20H25N3O. The van der Waals surface area contributed by atoms with Crippen LogP contribution in [-0.2, 0) is 11.2 Å². The standard InChI is InChI=1S/C20H25N3O/c1-15-21-11-13-23(15)17-8-5-12-22(14-17)20(24)19-10-4-7-16-6-2-3-9-18(16)19/h2-3,6,9,11,13,17,19H,4-5,7-8,10,12,14H2,1H3/t17-,19-/m0/s1. The third-order valence-corrected chi connectivity index (χ3v) is 5.63. The number of piperidine rings is 1. The second-order valence-corrected chi connectivity index (χ2v) is 7.11. The lowest BCUT2D eigenvalue weighted by atomic mass is 9.81. The number of benzene rings is 1. The zero-order chi connectivity index (χ0) is 16.5. The van der Waals surface area contributed by atoms with E-state index in [1.54, 1.807) is 0 Å². The fourth-order valence-electron chi connectivity index (χ4n) is 4.39. The van der Waals surface area contributed by atoms with Crippen LogP contribution in [0.25, 0.3) is 0 Å². The minimum atomic E-state index is 0.0533. The molecule has 1 saturated heterocycles. The van der Waals surface area contributed by atoms with Gasteiger partial charge in [0.15, 0.2) is 0 Å². The van der Waals surface area contributed by atoms with Crippen LogP contribution in [0.4, 0.5) is 0 Å². The summed E-state index contributed by atoms with van der Waals surface area (Å²) in [5.74, 6) is 1.42. The van der Waals surface area contributed by atoms with Crippen LogP contribution < -0.4 is 0 Å². The van der Waals surface area contributed by atoms with Crippen molar-refractivity contribution in [3.8, 4) is 0 Å². The molecule has 2 atom stereocenters. The van der Waals surface area contributed by atoms with E-state index in [1.807, 2.05) is 19.3 Å². The van der Waals surface area contributed by atoms with E-state index in [0.717, 1.165) is 51.0 Å². The number of nitrogens with zero attached hydrogens (tertiary/aromatic N) is 3. The van der Waals surface area contributed by atoms with Crippen molar-refractivity contribution in [1.29, 1.82) is 0 Å². The van der Waals surface area contributed by atoms with Gasteiger partial charge in [0, 0.05) is 25.5 Å². The normalized spacial score (nSPS) is 23.8. The number of amides is 1. The maximum absolute atomic E-state index is 13.2. The number of carbonyl (C=O) groups excluding carboxylic acids is 1. The topological polar surface area (TPSA) is 38.1 Å². The van der Waals surface area contributed by atoms with Gasteiger partial charge in [-0.15, -0.1) is 0 Å². The molecule has 4 nitrogen and oxygen atoms in total. The first kappa shape index (κ1) is 15.4. The maximum Gasteiger partial charge on any atom is 0.230 e. The van der Waals surface area contributed by atoms with Crippen LogP contribution in [0.15, 0.2) is 36.7 Å². The summed E-state index contributed by atoms with van der Waals surface area (Å²) in [5.41, 5.74) is 2.62. The number of fused-ring (bicyclic) bond motifs is 1. The molecule has 2 aromatic rings. The molecule has 2 aliphatic rings. The van der Waals surface area contributed by atoms with Crippen molar-refractivity contribution in [2.24, 2.45) is 0 Å². The lowest BCUT2D eigenvalue weighted by Gasteiger charge is -2.37. The molecule has 2 heterocycles. The Kier molecular flexibility index (Phi) is 4.13. The third kappa shape index (κ3) is 2.74. The summed E-state index contributed by atoms with van der Waals surface area (Å²) >= 11 is 0. The molecule has 0 bridgehead atoms. The number of aromatic nitrogens is 2. The van der Waals surface area contributed by atoms with Crippen molar-refractivity contribution in [1.82, 2.24) is 14.5 Å². The second-order valence-electron chi connectivity index (χ2n) is 7.11. The Hall–Kier alpha value is -2.10. The second kappa shape index (κ2) is 6.42. The lowest BCUT2D eigenvalue weighted by Crippen LogP contribution is -2.43. The molecule has 1 aromatic heterocycles. The molecule has 1 aliphatic heterocycles. The van der Waals surface area contributed by atoms with E-state index in [2.05, 4.69) is 38.7 Å². The maximum atomic E-state index is 13.2. The largest absolute Gasteiger partial charge is 0.340 e. The monoisotopic (exact) mass is 323 g/mol. The predicted octanol–water partition coefficient (Wildman–Crippen LogP) is 3.48. The van der Waals surface area contributed by atoms with Crippen molar-refractivity contribution in [3.05, 3.63) is 53.6 Å². The van der Waals surface area contributed by atoms with E-state index in [4.69, 9.17) is 0 Å². The van der Waals surface area contributed by atoms with Gasteiger partial charge < -0.3 is 9.47 Å². The van der Waals surface area contributed by atoms with Gasteiger partial charge in [0.2, 0.25) is 5.91 Å². The van der Waals surface area contributed by atoms with Gasteiger partial charge in [0.25, 0.3) is 0 Å². The van der Waals surface area contributed by atoms with Crippen molar-refractivity contribution in [2.45, 2.75) is 51.0 Å². The SMILES string of the molecule is Cc1nccn1[C@H]1CCCN(C(=O)[C@H]2CCCc3ccccc32)C1. The molecule has 4 rings (SSSR count). The lowest BCUT2D eigenvalue weighted by molar-refractivity contribution is -0.134. The number of hydrogen-bond acceptors (Lipinski definition) is 2. The molecule has 4 heteroatoms. The predicted molar refractivity (Wildman–Crippen MR) is 93.9 cm³/mol. The smallest absolute Gasteiger partial charge is 0.230 e. The Labute approximate surface area is 143 Å². The Morgan fingerprint density at radius 3 is 2.92 bits per heavy atom. The van der Waals surface area contributed by atoms with Crippen molar-refractivity contribution < 1.29 is 4.79 Å². The first-order chi connectivity index (χ1) is 11.7. The zero-order valence-corrected chi connectivity index (χ0v) is 14.3. The molecule has 1 aliphatic carbocycles. The summed E-state index contributed by atoms with van der Waals surface area (Å²) in [7, 11) is 0. The first-order valence-corrected chi connectivity index (χ1v) is 9.10. The fraction of sp³-hybridized carbons (Fsp3) is 0.500. The van der Waals surface area contributed by atoms with Crippen LogP contribution in [0.2, 0.25) is 0 Å². The summed E-state index contributed by atoms with van der Waals surface area (Å²) in [6, 6.07) is 8.85. The van der Waals surface area contributed by atoms with Gasteiger partial charge in [-0.2, -0.15) is 0 Å². The summed E-state index contributed by atoms with van der Waals surface area (Å²) in [6.07, 6.45) is 9.31. The molecule has 0 spiro atoms. The van der Waals surface area contributed by atoms with Gasteiger partial charge in [0.05, 0.1) is 12.0 Å². The third-order valence-electron chi connectivity index (χ3n) is 5.63. The molecule has 0 saturated carbocycles. The van der Waals surface area contributed by atoms with Crippen molar-refractivity contribution in [2.75, 3.05) is 13.1 Å². The minimum absolute atomic E-state index is 0.0533. The quantitative estimate of drug-likeness (QED) is 0.849. The molecular weight excluding hydrogens is 298 g/mol. The highest BCUT2D eigenvalue weighted by atomic mass is 16.2. The van der Waals surface area contributed by atoms with Gasteiger partial charge in [0.1, 0.15) is 5.82 Å².